The minimum absolute atomic E-state index is 0. The molecule has 0 amide bonds. The Labute approximate surface area is 109 Å². The molecule has 0 aliphatic rings. The summed E-state index contributed by atoms with van der Waals surface area (Å²) < 4.78 is 8.63. The fraction of sp³-hybridized carbons (Fsp3) is 0.571. The van der Waals surface area contributed by atoms with E-state index in [-0.39, 0.29) is 42.8 Å². The van der Waals surface area contributed by atoms with Crippen molar-refractivity contribution in [2.45, 2.75) is 13.8 Å². The standard InChI is InChI=1S/C7H10NO6.Na/c1-3-13-6(9)5(8(11)12)7(10)14-4-2;/h3-4H2,1-2H3;/q-1;+1. The van der Waals surface area contributed by atoms with Gasteiger partial charge in [-0.2, -0.15) is 0 Å². The summed E-state index contributed by atoms with van der Waals surface area (Å²) in [4.78, 5) is 31.0. The van der Waals surface area contributed by atoms with Gasteiger partial charge in [0, 0.05) is 0 Å². The van der Waals surface area contributed by atoms with E-state index in [9.17, 15) is 19.7 Å². The zero-order valence-electron chi connectivity index (χ0n) is 8.81. The van der Waals surface area contributed by atoms with Gasteiger partial charge < -0.3 is 9.47 Å². The molecule has 0 atom stereocenters. The average Bonchev–Trinajstić information content (AvgIpc) is 2.04. The first-order valence-electron chi connectivity index (χ1n) is 3.90. The van der Waals surface area contributed by atoms with E-state index in [4.69, 9.17) is 0 Å². The van der Waals surface area contributed by atoms with Crippen LogP contribution in [0.1, 0.15) is 13.8 Å². The maximum Gasteiger partial charge on any atom is 1.00 e. The van der Waals surface area contributed by atoms with Crippen LogP contribution in [-0.4, -0.2) is 30.1 Å². The van der Waals surface area contributed by atoms with Gasteiger partial charge >= 0.3 is 29.6 Å². The first kappa shape index (κ1) is 16.6. The van der Waals surface area contributed by atoms with Gasteiger partial charge in [0.15, 0.2) is 6.04 Å². The van der Waals surface area contributed by atoms with Crippen LogP contribution in [0.3, 0.4) is 0 Å². The molecule has 0 aliphatic heterocycles. The van der Waals surface area contributed by atoms with Crippen LogP contribution in [0.4, 0.5) is 0 Å². The van der Waals surface area contributed by atoms with Crippen molar-refractivity contribution in [1.82, 2.24) is 0 Å². The maximum absolute atomic E-state index is 10.9. The second-order valence-corrected chi connectivity index (χ2v) is 2.05. The summed E-state index contributed by atoms with van der Waals surface area (Å²) in [6.07, 6.45) is 0. The Morgan fingerprint density at radius 2 is 1.53 bits per heavy atom. The van der Waals surface area contributed by atoms with E-state index in [0.29, 0.717) is 0 Å². The van der Waals surface area contributed by atoms with E-state index < -0.39 is 22.9 Å². The fourth-order valence-corrected chi connectivity index (χ4v) is 0.631. The number of nitro groups is 1. The summed E-state index contributed by atoms with van der Waals surface area (Å²) in [6, 6.07) is -1.20. The van der Waals surface area contributed by atoms with Crippen molar-refractivity contribution in [3.05, 3.63) is 16.2 Å². The number of carbonyl (C=O) groups excluding carboxylic acids is 2. The van der Waals surface area contributed by atoms with Crippen molar-refractivity contribution in [1.29, 1.82) is 0 Å². The van der Waals surface area contributed by atoms with Crippen LogP contribution < -0.4 is 29.6 Å². The topological polar surface area (TPSA) is 95.7 Å². The Hall–Kier alpha value is -0.790. The molecule has 0 rings (SSSR count). The van der Waals surface area contributed by atoms with Crippen molar-refractivity contribution in [2.75, 3.05) is 13.2 Å². The Kier molecular flexibility index (Phi) is 9.44. The van der Waals surface area contributed by atoms with Gasteiger partial charge in [-0.3, -0.25) is 19.7 Å². The van der Waals surface area contributed by atoms with Crippen LogP contribution in [0.5, 0.6) is 0 Å². The largest absolute Gasteiger partial charge is 1.00 e. The molecule has 0 saturated carbocycles. The summed E-state index contributed by atoms with van der Waals surface area (Å²) in [5, 5.41) is 10.3. The maximum atomic E-state index is 10.9. The number of ether oxygens (including phenoxy) is 2. The van der Waals surface area contributed by atoms with Crippen LogP contribution in [0, 0.1) is 16.2 Å². The van der Waals surface area contributed by atoms with Crippen LogP contribution in [0.25, 0.3) is 0 Å². The van der Waals surface area contributed by atoms with E-state index in [1.807, 2.05) is 0 Å². The third-order valence-electron chi connectivity index (χ3n) is 1.12. The fourth-order valence-electron chi connectivity index (χ4n) is 0.631. The van der Waals surface area contributed by atoms with Crippen molar-refractivity contribution in [3.63, 3.8) is 0 Å². The van der Waals surface area contributed by atoms with Gasteiger partial charge in [0.05, 0.1) is 13.2 Å². The molecule has 0 aliphatic carbocycles. The number of hydrogen-bond acceptors (Lipinski definition) is 6. The quantitative estimate of drug-likeness (QED) is 0.123. The third kappa shape index (κ3) is 5.60. The zero-order valence-corrected chi connectivity index (χ0v) is 10.8. The third-order valence-corrected chi connectivity index (χ3v) is 1.12. The summed E-state index contributed by atoms with van der Waals surface area (Å²) in [5.74, 6) is -2.56. The second-order valence-electron chi connectivity index (χ2n) is 2.05. The Morgan fingerprint density at radius 3 is 1.73 bits per heavy atom. The van der Waals surface area contributed by atoms with Gasteiger partial charge in [-0.25, -0.2) is 0 Å². The number of hydrogen-bond donors (Lipinski definition) is 0. The molecule has 0 bridgehead atoms. The van der Waals surface area contributed by atoms with E-state index in [2.05, 4.69) is 9.47 Å². The van der Waals surface area contributed by atoms with Gasteiger partial charge in [-0.15, -0.1) is 0 Å². The van der Waals surface area contributed by atoms with E-state index in [1.54, 1.807) is 0 Å². The molecule has 0 heterocycles. The molecule has 0 unspecified atom stereocenters. The van der Waals surface area contributed by atoms with E-state index >= 15 is 0 Å². The van der Waals surface area contributed by atoms with Gasteiger partial charge in [0.2, 0.25) is 11.9 Å². The van der Waals surface area contributed by atoms with Gasteiger partial charge in [0.1, 0.15) is 0 Å². The Morgan fingerprint density at radius 1 is 1.20 bits per heavy atom. The van der Waals surface area contributed by atoms with Gasteiger partial charge in [-0.1, -0.05) is 4.92 Å². The molecule has 0 aromatic rings. The molecular formula is C7H10NNaO6. The Balaban J connectivity index is 0. The first-order valence-corrected chi connectivity index (χ1v) is 3.90. The summed E-state index contributed by atoms with van der Waals surface area (Å²) in [6.45, 7) is 2.85. The molecule has 80 valence electrons. The van der Waals surface area contributed by atoms with Crippen LogP contribution in [0.15, 0.2) is 0 Å². The molecular weight excluding hydrogens is 217 g/mol. The molecule has 0 aromatic carbocycles. The average molecular weight is 227 g/mol. The molecule has 8 heteroatoms. The molecule has 7 nitrogen and oxygen atoms in total. The van der Waals surface area contributed by atoms with Gasteiger partial charge in [-0.05, 0) is 13.8 Å². The minimum Gasteiger partial charge on any atom is -0.483 e. The van der Waals surface area contributed by atoms with Crippen LogP contribution in [-0.2, 0) is 19.1 Å². The molecule has 0 radical (unpaired) electrons. The molecule has 0 fully saturated rings. The van der Waals surface area contributed by atoms with Crippen molar-refractivity contribution >= 4 is 11.9 Å². The monoisotopic (exact) mass is 227 g/mol. The zero-order chi connectivity index (χ0) is 11.1. The van der Waals surface area contributed by atoms with E-state index in [0.717, 1.165) is 0 Å². The van der Waals surface area contributed by atoms with Crippen molar-refractivity contribution in [2.24, 2.45) is 0 Å². The molecule has 0 spiro atoms. The van der Waals surface area contributed by atoms with E-state index in [1.165, 1.54) is 13.8 Å². The summed E-state index contributed by atoms with van der Waals surface area (Å²) >= 11 is 0. The van der Waals surface area contributed by atoms with Crippen molar-refractivity contribution < 1.29 is 53.5 Å². The SMILES string of the molecule is CCOC(=O)[C-](C(=O)OCC)[N+](=O)[O-].[Na+]. The number of rotatable bonds is 5. The van der Waals surface area contributed by atoms with Crippen LogP contribution in [0.2, 0.25) is 0 Å². The number of carbonyl (C=O) groups is 2. The van der Waals surface area contributed by atoms with Crippen LogP contribution >= 0.6 is 0 Å². The van der Waals surface area contributed by atoms with Crippen molar-refractivity contribution in [3.8, 4) is 0 Å². The predicted molar refractivity (Wildman–Crippen MR) is 43.5 cm³/mol. The molecule has 15 heavy (non-hydrogen) atoms. The second kappa shape index (κ2) is 8.51. The number of nitrogens with zero attached hydrogens (tertiary/aromatic N) is 1. The normalized spacial score (nSPS) is 8.40. The van der Waals surface area contributed by atoms with Gasteiger partial charge in [0.25, 0.3) is 0 Å². The first-order chi connectivity index (χ1) is 6.54. The molecule has 0 N–H and O–H groups in total. The summed E-state index contributed by atoms with van der Waals surface area (Å²) in [5.41, 5.74) is 0. The Bertz CT molecular complexity index is 226. The molecule has 0 saturated heterocycles. The minimum atomic E-state index is -1.28. The molecule has 0 aromatic heterocycles. The smallest absolute Gasteiger partial charge is 0.483 e. The number of esters is 2. The summed E-state index contributed by atoms with van der Waals surface area (Å²) in [7, 11) is 0. The predicted octanol–water partition coefficient (Wildman–Crippen LogP) is -3.07.